The molecule has 8 aromatic rings. The van der Waals surface area contributed by atoms with E-state index >= 15 is 0 Å². The van der Waals surface area contributed by atoms with Gasteiger partial charge in [0.2, 0.25) is 0 Å². The van der Waals surface area contributed by atoms with E-state index in [1.165, 1.54) is 86.3 Å². The van der Waals surface area contributed by atoms with Crippen molar-refractivity contribution >= 4 is 54.9 Å². The zero-order valence-electron chi connectivity index (χ0n) is 22.1. The highest BCUT2D eigenvalue weighted by Gasteiger charge is 2.25. The topological polar surface area (TPSA) is 12.9 Å². The number of hydrogen-bond acceptors (Lipinski definition) is 2. The third-order valence-electron chi connectivity index (χ3n) is 8.51. The summed E-state index contributed by atoms with van der Waals surface area (Å²) in [5.41, 5.74) is 7.63. The van der Waals surface area contributed by atoms with E-state index in [9.17, 15) is 0 Å². The highest BCUT2D eigenvalue weighted by molar-refractivity contribution is 7.99. The van der Waals surface area contributed by atoms with Gasteiger partial charge in [0.15, 0.2) is 0 Å². The summed E-state index contributed by atoms with van der Waals surface area (Å²) >= 11 is 1.88. The van der Waals surface area contributed by atoms with Crippen molar-refractivity contribution < 1.29 is 0 Å². The normalized spacial score (nSPS) is 12.3. The molecule has 0 saturated heterocycles. The average Bonchev–Trinajstić information content (AvgIpc) is 3.04. The lowest BCUT2D eigenvalue weighted by molar-refractivity contribution is 1.32. The molecule has 2 heteroatoms. The summed E-state index contributed by atoms with van der Waals surface area (Å²) in [5.74, 6) is 0. The van der Waals surface area contributed by atoms with Crippen LogP contribution in [0.4, 0.5) is 0 Å². The third-order valence-corrected chi connectivity index (χ3v) is 9.61. The van der Waals surface area contributed by atoms with Crippen molar-refractivity contribution in [3.05, 3.63) is 140 Å². The van der Waals surface area contributed by atoms with Crippen LogP contribution in [-0.2, 0) is 0 Å². The van der Waals surface area contributed by atoms with Crippen molar-refractivity contribution in [1.82, 2.24) is 4.98 Å². The molecule has 0 unspecified atom stereocenters. The maximum Gasteiger partial charge on any atom is 0.0353 e. The second-order valence-electron chi connectivity index (χ2n) is 10.7. The van der Waals surface area contributed by atoms with Crippen LogP contribution in [0.25, 0.3) is 76.5 Å². The second-order valence-corrected chi connectivity index (χ2v) is 11.8. The maximum atomic E-state index is 4.66. The number of benzene rings is 7. The van der Waals surface area contributed by atoms with Crippen LogP contribution < -0.4 is 0 Å². The van der Waals surface area contributed by atoms with Crippen molar-refractivity contribution in [2.45, 2.75) is 9.79 Å². The van der Waals surface area contributed by atoms with Crippen LogP contribution >= 0.6 is 11.8 Å². The van der Waals surface area contributed by atoms with Crippen LogP contribution in [0.1, 0.15) is 0 Å². The van der Waals surface area contributed by atoms with Gasteiger partial charge in [-0.15, -0.1) is 0 Å². The van der Waals surface area contributed by atoms with Crippen LogP contribution in [-0.4, -0.2) is 4.98 Å². The lowest BCUT2D eigenvalue weighted by Gasteiger charge is -2.24. The fourth-order valence-electron chi connectivity index (χ4n) is 6.84. The van der Waals surface area contributed by atoms with Crippen LogP contribution in [0.5, 0.6) is 0 Å². The van der Waals surface area contributed by atoms with E-state index in [2.05, 4.69) is 139 Å². The first kappa shape index (κ1) is 22.9. The van der Waals surface area contributed by atoms with Gasteiger partial charge in [-0.3, -0.25) is 4.98 Å². The van der Waals surface area contributed by atoms with Gasteiger partial charge < -0.3 is 0 Å². The molecule has 1 aliphatic heterocycles. The first-order valence-corrected chi connectivity index (χ1v) is 14.8. The molecule has 41 heavy (non-hydrogen) atoms. The summed E-state index contributed by atoms with van der Waals surface area (Å²) in [5, 5.41) is 10.2. The number of rotatable bonds is 2. The SMILES string of the molecule is c1ccc(-c2c3ccccc3c(-c3cc4c(c5ccccc35)-c3cncc5cccc(c35)S4)c3ccccc23)cc1. The maximum absolute atomic E-state index is 4.66. The molecule has 0 bridgehead atoms. The van der Waals surface area contributed by atoms with Crippen molar-refractivity contribution in [2.75, 3.05) is 0 Å². The minimum absolute atomic E-state index is 1.19. The Hall–Kier alpha value is -4.92. The van der Waals surface area contributed by atoms with Gasteiger partial charge in [0, 0.05) is 44.1 Å². The molecule has 0 spiro atoms. The Kier molecular flexibility index (Phi) is 4.90. The van der Waals surface area contributed by atoms with Gasteiger partial charge in [0.1, 0.15) is 0 Å². The van der Waals surface area contributed by atoms with Crippen LogP contribution in [0.2, 0.25) is 0 Å². The standard InChI is InChI=1S/C39H23NS/c1-2-11-24(12-3-1)36-28-16-6-8-18-30(28)38(31-19-9-7-17-29(31)36)32-21-35-39(27-15-5-4-14-26(27)32)33-23-40-22-25-13-10-20-34(41-35)37(25)33/h1-23H. The summed E-state index contributed by atoms with van der Waals surface area (Å²) in [6.45, 7) is 0. The summed E-state index contributed by atoms with van der Waals surface area (Å²) in [4.78, 5) is 7.23. The van der Waals surface area contributed by atoms with Crippen LogP contribution in [0.3, 0.4) is 0 Å². The van der Waals surface area contributed by atoms with Gasteiger partial charge in [-0.25, -0.2) is 0 Å². The lowest BCUT2D eigenvalue weighted by Crippen LogP contribution is -1.97. The van der Waals surface area contributed by atoms with Crippen molar-refractivity contribution in [2.24, 2.45) is 0 Å². The van der Waals surface area contributed by atoms with Gasteiger partial charge in [-0.1, -0.05) is 127 Å². The monoisotopic (exact) mass is 537 g/mol. The molecule has 7 aromatic carbocycles. The Morgan fingerprint density at radius 3 is 1.68 bits per heavy atom. The smallest absolute Gasteiger partial charge is 0.0353 e. The van der Waals surface area contributed by atoms with Crippen LogP contribution in [0, 0.1) is 0 Å². The minimum Gasteiger partial charge on any atom is -0.263 e. The van der Waals surface area contributed by atoms with Crippen molar-refractivity contribution in [3.63, 3.8) is 0 Å². The third kappa shape index (κ3) is 3.29. The van der Waals surface area contributed by atoms with Gasteiger partial charge in [-0.2, -0.15) is 0 Å². The quantitative estimate of drug-likeness (QED) is 0.203. The fourth-order valence-corrected chi connectivity index (χ4v) is 8.06. The molecule has 0 saturated carbocycles. The van der Waals surface area contributed by atoms with Gasteiger partial charge in [-0.05, 0) is 66.7 Å². The van der Waals surface area contributed by atoms with Crippen LogP contribution in [0.15, 0.2) is 150 Å². The molecule has 1 aliphatic rings. The predicted molar refractivity (Wildman–Crippen MR) is 175 cm³/mol. The van der Waals surface area contributed by atoms with E-state index in [1.807, 2.05) is 18.0 Å². The second kappa shape index (κ2) is 8.79. The van der Waals surface area contributed by atoms with Gasteiger partial charge in [0.05, 0.1) is 0 Å². The molecule has 0 atom stereocenters. The lowest BCUT2D eigenvalue weighted by atomic mass is 9.83. The summed E-state index contributed by atoms with van der Waals surface area (Å²) < 4.78 is 0. The molecule has 1 nitrogen and oxygen atoms in total. The Morgan fingerprint density at radius 2 is 1.00 bits per heavy atom. The number of aromatic nitrogens is 1. The zero-order valence-corrected chi connectivity index (χ0v) is 23.0. The molecule has 0 amide bonds. The molecule has 2 heterocycles. The zero-order chi connectivity index (χ0) is 26.9. The van der Waals surface area contributed by atoms with E-state index in [0.29, 0.717) is 0 Å². The Morgan fingerprint density at radius 1 is 0.415 bits per heavy atom. The van der Waals surface area contributed by atoms with E-state index in [0.717, 1.165) is 0 Å². The molecule has 0 radical (unpaired) electrons. The first-order valence-electron chi connectivity index (χ1n) is 14.0. The van der Waals surface area contributed by atoms with E-state index in [-0.39, 0.29) is 0 Å². The van der Waals surface area contributed by atoms with Gasteiger partial charge >= 0.3 is 0 Å². The van der Waals surface area contributed by atoms with Crippen molar-refractivity contribution in [3.8, 4) is 33.4 Å². The number of hydrogen-bond donors (Lipinski definition) is 0. The molecule has 0 aliphatic carbocycles. The molecule has 190 valence electrons. The molecular formula is C39H23NS. The Bertz CT molecular complexity index is 2270. The highest BCUT2D eigenvalue weighted by Crippen LogP contribution is 2.53. The summed E-state index contributed by atoms with van der Waals surface area (Å²) in [6, 6.07) is 46.6. The molecule has 0 fully saturated rings. The Labute approximate surface area is 242 Å². The number of pyridine rings is 1. The van der Waals surface area contributed by atoms with E-state index < -0.39 is 0 Å². The molecule has 0 N–H and O–H groups in total. The summed E-state index contributed by atoms with van der Waals surface area (Å²) in [7, 11) is 0. The molecular weight excluding hydrogens is 515 g/mol. The highest BCUT2D eigenvalue weighted by atomic mass is 32.2. The molecule has 9 rings (SSSR count). The Balaban J connectivity index is 1.45. The predicted octanol–water partition coefficient (Wildman–Crippen LogP) is 11.2. The minimum atomic E-state index is 1.19. The fraction of sp³-hybridized carbons (Fsp3) is 0. The van der Waals surface area contributed by atoms with E-state index in [1.54, 1.807) is 0 Å². The average molecular weight is 538 g/mol. The van der Waals surface area contributed by atoms with Crippen molar-refractivity contribution in [1.29, 1.82) is 0 Å². The summed E-state index contributed by atoms with van der Waals surface area (Å²) in [6.07, 6.45) is 4.03. The number of fused-ring (bicyclic) bond motifs is 6. The first-order chi connectivity index (χ1) is 20.4. The number of nitrogens with zero attached hydrogens (tertiary/aromatic N) is 1. The largest absolute Gasteiger partial charge is 0.263 e. The van der Waals surface area contributed by atoms with E-state index in [4.69, 9.17) is 0 Å². The molecule has 1 aromatic heterocycles. The van der Waals surface area contributed by atoms with Gasteiger partial charge in [0.25, 0.3) is 0 Å².